The SMILES string of the molecule is CCC1COCCN1Cc1ccc(CNCC(C)C)o1. The third kappa shape index (κ3) is 4.62. The molecule has 1 aromatic heterocycles. The van der Waals surface area contributed by atoms with E-state index in [1.54, 1.807) is 0 Å². The maximum atomic E-state index is 5.92. The van der Waals surface area contributed by atoms with E-state index in [9.17, 15) is 0 Å². The highest BCUT2D eigenvalue weighted by Crippen LogP contribution is 2.16. The lowest BCUT2D eigenvalue weighted by Crippen LogP contribution is -2.44. The second kappa shape index (κ2) is 7.81. The van der Waals surface area contributed by atoms with Gasteiger partial charge in [-0.1, -0.05) is 20.8 Å². The van der Waals surface area contributed by atoms with Crippen LogP contribution in [0.3, 0.4) is 0 Å². The van der Waals surface area contributed by atoms with Crippen molar-refractivity contribution in [3.63, 3.8) is 0 Å². The molecular weight excluding hydrogens is 252 g/mol. The summed E-state index contributed by atoms with van der Waals surface area (Å²) in [6.45, 7) is 12.1. The monoisotopic (exact) mass is 280 g/mol. The number of morpholine rings is 1. The highest BCUT2D eigenvalue weighted by atomic mass is 16.5. The summed E-state index contributed by atoms with van der Waals surface area (Å²) < 4.78 is 11.5. The minimum absolute atomic E-state index is 0.524. The first-order chi connectivity index (χ1) is 9.69. The highest BCUT2D eigenvalue weighted by Gasteiger charge is 2.22. The molecule has 1 fully saturated rings. The lowest BCUT2D eigenvalue weighted by Gasteiger charge is -2.34. The van der Waals surface area contributed by atoms with Crippen LogP contribution in [0.5, 0.6) is 0 Å². The molecule has 0 spiro atoms. The van der Waals surface area contributed by atoms with Crippen LogP contribution in [0.25, 0.3) is 0 Å². The largest absolute Gasteiger partial charge is 0.463 e. The summed E-state index contributed by atoms with van der Waals surface area (Å²) in [7, 11) is 0. The van der Waals surface area contributed by atoms with Gasteiger partial charge in [0.15, 0.2) is 0 Å². The van der Waals surface area contributed by atoms with Crippen LogP contribution < -0.4 is 5.32 Å². The van der Waals surface area contributed by atoms with Crippen molar-refractivity contribution in [3.05, 3.63) is 23.7 Å². The van der Waals surface area contributed by atoms with Crippen molar-refractivity contribution in [2.45, 2.75) is 46.3 Å². The highest BCUT2D eigenvalue weighted by molar-refractivity contribution is 5.07. The predicted molar refractivity (Wildman–Crippen MR) is 80.6 cm³/mol. The van der Waals surface area contributed by atoms with Gasteiger partial charge in [0.1, 0.15) is 11.5 Å². The molecule has 20 heavy (non-hydrogen) atoms. The van der Waals surface area contributed by atoms with E-state index in [0.29, 0.717) is 12.0 Å². The Hall–Kier alpha value is -0.840. The molecule has 2 heterocycles. The molecule has 0 aliphatic carbocycles. The molecule has 0 radical (unpaired) electrons. The second-order valence-corrected chi connectivity index (χ2v) is 6.00. The van der Waals surface area contributed by atoms with Gasteiger partial charge in [-0.15, -0.1) is 0 Å². The summed E-state index contributed by atoms with van der Waals surface area (Å²) in [6.07, 6.45) is 1.13. The van der Waals surface area contributed by atoms with Gasteiger partial charge in [0.2, 0.25) is 0 Å². The number of ether oxygens (including phenoxy) is 1. The molecule has 1 saturated heterocycles. The minimum Gasteiger partial charge on any atom is -0.463 e. The Balaban J connectivity index is 1.82. The summed E-state index contributed by atoms with van der Waals surface area (Å²) in [4.78, 5) is 2.47. The van der Waals surface area contributed by atoms with Gasteiger partial charge in [-0.2, -0.15) is 0 Å². The number of furan rings is 1. The van der Waals surface area contributed by atoms with E-state index in [1.165, 1.54) is 0 Å². The van der Waals surface area contributed by atoms with Gasteiger partial charge in [0.25, 0.3) is 0 Å². The van der Waals surface area contributed by atoms with Crippen LogP contribution in [0.15, 0.2) is 16.5 Å². The zero-order valence-electron chi connectivity index (χ0n) is 13.0. The average Bonchev–Trinajstić information content (AvgIpc) is 2.86. The van der Waals surface area contributed by atoms with Gasteiger partial charge in [0.05, 0.1) is 26.3 Å². The third-order valence-electron chi connectivity index (χ3n) is 3.75. The Morgan fingerprint density at radius 3 is 2.90 bits per heavy atom. The van der Waals surface area contributed by atoms with Crippen LogP contribution in [-0.4, -0.2) is 37.2 Å². The molecule has 0 aromatic carbocycles. The molecule has 0 saturated carbocycles. The first kappa shape index (κ1) is 15.5. The Morgan fingerprint density at radius 2 is 2.15 bits per heavy atom. The van der Waals surface area contributed by atoms with Crippen LogP contribution in [0, 0.1) is 5.92 Å². The number of hydrogen-bond donors (Lipinski definition) is 1. The van der Waals surface area contributed by atoms with Crippen molar-refractivity contribution in [2.75, 3.05) is 26.3 Å². The fourth-order valence-corrected chi connectivity index (χ4v) is 2.56. The van der Waals surface area contributed by atoms with Crippen LogP contribution in [-0.2, 0) is 17.8 Å². The standard InChI is InChI=1S/C16H28N2O2/c1-4-14-12-19-8-7-18(14)11-16-6-5-15(20-16)10-17-9-13(2)3/h5-6,13-14,17H,4,7-12H2,1-3H3. The van der Waals surface area contributed by atoms with E-state index in [2.05, 4.69) is 43.1 Å². The van der Waals surface area contributed by atoms with Crippen molar-refractivity contribution < 1.29 is 9.15 Å². The molecule has 1 atom stereocenters. The van der Waals surface area contributed by atoms with Crippen LogP contribution in [0.1, 0.15) is 38.7 Å². The summed E-state index contributed by atoms with van der Waals surface area (Å²) >= 11 is 0. The fraction of sp³-hybridized carbons (Fsp3) is 0.750. The summed E-state index contributed by atoms with van der Waals surface area (Å²) in [5.41, 5.74) is 0. The molecule has 114 valence electrons. The maximum absolute atomic E-state index is 5.92. The van der Waals surface area contributed by atoms with Gasteiger partial charge < -0.3 is 14.5 Å². The topological polar surface area (TPSA) is 37.6 Å². The van der Waals surface area contributed by atoms with Gasteiger partial charge >= 0.3 is 0 Å². The first-order valence-corrected chi connectivity index (χ1v) is 7.79. The molecule has 1 aromatic rings. The first-order valence-electron chi connectivity index (χ1n) is 7.79. The second-order valence-electron chi connectivity index (χ2n) is 6.00. The van der Waals surface area contributed by atoms with Crippen molar-refractivity contribution in [3.8, 4) is 0 Å². The van der Waals surface area contributed by atoms with Gasteiger partial charge in [0, 0.05) is 12.6 Å². The lowest BCUT2D eigenvalue weighted by molar-refractivity contribution is -0.0155. The Bertz CT molecular complexity index is 390. The molecule has 4 nitrogen and oxygen atoms in total. The van der Waals surface area contributed by atoms with E-state index in [1.807, 2.05) is 0 Å². The summed E-state index contributed by atoms with van der Waals surface area (Å²) in [5, 5.41) is 3.41. The summed E-state index contributed by atoms with van der Waals surface area (Å²) in [5.74, 6) is 2.76. The quantitative estimate of drug-likeness (QED) is 0.833. The normalized spacial score (nSPS) is 20.7. The number of nitrogens with one attached hydrogen (secondary N) is 1. The Morgan fingerprint density at radius 1 is 1.35 bits per heavy atom. The number of rotatable bonds is 7. The smallest absolute Gasteiger partial charge is 0.118 e. The van der Waals surface area contributed by atoms with Crippen molar-refractivity contribution in [1.82, 2.24) is 10.2 Å². The molecule has 2 rings (SSSR count). The van der Waals surface area contributed by atoms with E-state index < -0.39 is 0 Å². The Kier molecular flexibility index (Phi) is 6.07. The minimum atomic E-state index is 0.524. The lowest BCUT2D eigenvalue weighted by atomic mass is 10.1. The molecule has 1 unspecified atom stereocenters. The number of nitrogens with zero attached hydrogens (tertiary/aromatic N) is 1. The molecule has 1 N–H and O–H groups in total. The fourth-order valence-electron chi connectivity index (χ4n) is 2.56. The van der Waals surface area contributed by atoms with Crippen molar-refractivity contribution in [1.29, 1.82) is 0 Å². The third-order valence-corrected chi connectivity index (χ3v) is 3.75. The summed E-state index contributed by atoms with van der Waals surface area (Å²) in [6, 6.07) is 4.72. The van der Waals surface area contributed by atoms with Crippen LogP contribution in [0.2, 0.25) is 0 Å². The van der Waals surface area contributed by atoms with Crippen molar-refractivity contribution in [2.24, 2.45) is 5.92 Å². The van der Waals surface area contributed by atoms with Crippen LogP contribution >= 0.6 is 0 Å². The van der Waals surface area contributed by atoms with Gasteiger partial charge in [-0.25, -0.2) is 0 Å². The average molecular weight is 280 g/mol. The zero-order chi connectivity index (χ0) is 14.4. The predicted octanol–water partition coefficient (Wildman–Crippen LogP) is 2.64. The molecular formula is C16H28N2O2. The van der Waals surface area contributed by atoms with E-state index in [-0.39, 0.29) is 0 Å². The Labute approximate surface area is 122 Å². The molecule has 1 aliphatic rings. The van der Waals surface area contributed by atoms with E-state index >= 15 is 0 Å². The van der Waals surface area contributed by atoms with Crippen LogP contribution in [0.4, 0.5) is 0 Å². The van der Waals surface area contributed by atoms with E-state index in [0.717, 1.165) is 57.3 Å². The maximum Gasteiger partial charge on any atom is 0.118 e. The van der Waals surface area contributed by atoms with Crippen molar-refractivity contribution >= 4 is 0 Å². The zero-order valence-corrected chi connectivity index (χ0v) is 13.0. The molecule has 0 amide bonds. The van der Waals surface area contributed by atoms with E-state index in [4.69, 9.17) is 9.15 Å². The molecule has 0 bridgehead atoms. The van der Waals surface area contributed by atoms with Gasteiger partial charge in [-0.3, -0.25) is 4.90 Å². The van der Waals surface area contributed by atoms with Gasteiger partial charge in [-0.05, 0) is 31.0 Å². The molecule has 4 heteroatoms. The number of hydrogen-bond acceptors (Lipinski definition) is 4. The molecule has 1 aliphatic heterocycles.